The van der Waals surface area contributed by atoms with Crippen molar-refractivity contribution >= 4 is 45.2 Å². The van der Waals surface area contributed by atoms with Crippen molar-refractivity contribution in [2.75, 3.05) is 0 Å². The fourth-order valence-electron chi connectivity index (χ4n) is 6.60. The second kappa shape index (κ2) is 7.79. The summed E-state index contributed by atoms with van der Waals surface area (Å²) in [5.74, 6) is 4.39. The monoisotopic (exact) mass is 528 g/mol. The zero-order chi connectivity index (χ0) is 27.5. The largest absolute Gasteiger partial charge is 0.277 e. The van der Waals surface area contributed by atoms with E-state index in [-0.39, 0.29) is 12.1 Å². The van der Waals surface area contributed by atoms with Crippen molar-refractivity contribution < 1.29 is 0 Å². The highest BCUT2D eigenvalue weighted by Crippen LogP contribution is 2.36. The van der Waals surface area contributed by atoms with Gasteiger partial charge in [0, 0.05) is 22.0 Å². The molecule has 2 aliphatic heterocycles. The van der Waals surface area contributed by atoms with Crippen molar-refractivity contribution in [1.29, 1.82) is 0 Å². The Bertz CT molecular complexity index is 2040. The highest BCUT2D eigenvalue weighted by molar-refractivity contribution is 7.00. The molecule has 0 saturated heterocycles. The van der Waals surface area contributed by atoms with E-state index in [0.717, 1.165) is 67.8 Å². The predicted octanol–water partition coefficient (Wildman–Crippen LogP) is 4.93. The molecule has 4 aromatic carbocycles. The van der Waals surface area contributed by atoms with Gasteiger partial charge >= 0.3 is 0 Å². The van der Waals surface area contributed by atoms with Gasteiger partial charge in [0.1, 0.15) is 29.1 Å². The van der Waals surface area contributed by atoms with Crippen molar-refractivity contribution in [3.63, 3.8) is 0 Å². The summed E-state index contributed by atoms with van der Waals surface area (Å²) in [7, 11) is 0. The van der Waals surface area contributed by atoms with Crippen LogP contribution < -0.4 is 16.4 Å². The number of fused-ring (bicyclic) bond motifs is 4. The molecule has 0 spiro atoms. The minimum Gasteiger partial charge on any atom is -0.277 e. The molecular weight excluding hydrogens is 503 g/mol. The second-order valence-electron chi connectivity index (χ2n) is 12.0. The van der Waals surface area contributed by atoms with Gasteiger partial charge in [-0.25, -0.2) is 19.9 Å². The van der Waals surface area contributed by atoms with Crippen LogP contribution in [-0.4, -0.2) is 35.8 Å². The third-order valence-corrected chi connectivity index (χ3v) is 8.39. The molecule has 9 rings (SSSR count). The molecule has 41 heavy (non-hydrogen) atoms. The molecule has 3 aromatic heterocycles. The Hall–Kier alpha value is -5.04. The minimum atomic E-state index is -0.270. The molecule has 7 heteroatoms. The van der Waals surface area contributed by atoms with Gasteiger partial charge < -0.3 is 0 Å². The van der Waals surface area contributed by atoms with Crippen LogP contribution >= 0.6 is 0 Å². The first-order valence-corrected chi connectivity index (χ1v) is 14.1. The van der Waals surface area contributed by atoms with Crippen LogP contribution in [0.3, 0.4) is 0 Å². The minimum absolute atomic E-state index is 0.0259. The van der Waals surface area contributed by atoms with Crippen LogP contribution in [0.4, 0.5) is 0 Å². The second-order valence-corrected chi connectivity index (χ2v) is 12.0. The van der Waals surface area contributed by atoms with E-state index in [4.69, 9.17) is 19.9 Å². The molecule has 2 aliphatic rings. The van der Waals surface area contributed by atoms with Gasteiger partial charge in [0.2, 0.25) is 0 Å². The maximum atomic E-state index is 5.36. The van der Waals surface area contributed by atoms with Crippen LogP contribution in [0.1, 0.15) is 26.6 Å². The van der Waals surface area contributed by atoms with E-state index >= 15 is 0 Å². The number of aromatic nitrogens is 6. The van der Waals surface area contributed by atoms with Crippen molar-refractivity contribution in [2.24, 2.45) is 0 Å². The topological polar surface area (TPSA) is 61.4 Å². The van der Waals surface area contributed by atoms with Gasteiger partial charge in [-0.3, -0.25) is 9.13 Å². The van der Waals surface area contributed by atoms with Crippen LogP contribution in [-0.2, 0) is 5.41 Å². The van der Waals surface area contributed by atoms with Crippen LogP contribution in [0.15, 0.2) is 97.1 Å². The molecular formula is C34H25BN6. The van der Waals surface area contributed by atoms with E-state index in [1.54, 1.807) is 0 Å². The Morgan fingerprint density at radius 1 is 0.537 bits per heavy atom. The fourth-order valence-corrected chi connectivity index (χ4v) is 6.60. The quantitative estimate of drug-likeness (QED) is 0.299. The van der Waals surface area contributed by atoms with E-state index in [1.807, 2.05) is 12.1 Å². The molecule has 6 nitrogen and oxygen atoms in total. The first-order chi connectivity index (χ1) is 20.0. The standard InChI is InChI=1S/C34H25BN6/c1-34(2,3)33-38-31-26-32(39-33)41-28-23(17-11-19-25(28)37-30(41)21-14-8-5-9-15-21)35(26)22-16-10-18-24-27(22)40(31)29(36-24)20-12-6-4-7-13-20/h4-19H,1-3H3. The number of nitrogens with zero attached hydrogens (tertiary/aromatic N) is 6. The normalized spacial score (nSPS) is 13.2. The predicted molar refractivity (Wildman–Crippen MR) is 166 cm³/mol. The number of imidazole rings is 2. The number of para-hydroxylation sites is 2. The van der Waals surface area contributed by atoms with Crippen molar-refractivity contribution in [3.8, 4) is 34.4 Å². The Morgan fingerprint density at radius 2 is 1.00 bits per heavy atom. The lowest BCUT2D eigenvalue weighted by Crippen LogP contribution is -2.60. The van der Waals surface area contributed by atoms with Crippen molar-refractivity contribution in [3.05, 3.63) is 103 Å². The summed E-state index contributed by atoms with van der Waals surface area (Å²) in [6, 6.07) is 33.8. The zero-order valence-electron chi connectivity index (χ0n) is 23.0. The fraction of sp³-hybridized carbons (Fsp3) is 0.118. The molecule has 0 fully saturated rings. The van der Waals surface area contributed by atoms with Crippen LogP contribution in [0.2, 0.25) is 0 Å². The van der Waals surface area contributed by atoms with Crippen LogP contribution in [0.5, 0.6) is 0 Å². The van der Waals surface area contributed by atoms with E-state index < -0.39 is 0 Å². The smallest absolute Gasteiger partial charge is 0.256 e. The molecule has 0 atom stereocenters. The zero-order valence-corrected chi connectivity index (χ0v) is 23.0. The number of hydrogen-bond donors (Lipinski definition) is 0. The highest BCUT2D eigenvalue weighted by atomic mass is 15.2. The molecule has 0 saturated carbocycles. The summed E-state index contributed by atoms with van der Waals surface area (Å²) in [5.41, 5.74) is 9.56. The van der Waals surface area contributed by atoms with Crippen LogP contribution in [0.25, 0.3) is 56.5 Å². The molecule has 194 valence electrons. The first-order valence-electron chi connectivity index (χ1n) is 14.1. The molecule has 0 unspecified atom stereocenters. The maximum absolute atomic E-state index is 5.36. The summed E-state index contributed by atoms with van der Waals surface area (Å²) >= 11 is 0. The van der Waals surface area contributed by atoms with Crippen molar-refractivity contribution in [2.45, 2.75) is 26.2 Å². The van der Waals surface area contributed by atoms with Gasteiger partial charge in [0.25, 0.3) is 6.71 Å². The van der Waals surface area contributed by atoms with Gasteiger partial charge in [-0.15, -0.1) is 0 Å². The van der Waals surface area contributed by atoms with Crippen molar-refractivity contribution in [1.82, 2.24) is 29.1 Å². The lowest BCUT2D eigenvalue weighted by atomic mass is 9.35. The molecule has 0 bridgehead atoms. The molecule has 0 radical (unpaired) electrons. The van der Waals surface area contributed by atoms with E-state index in [2.05, 4.69) is 115 Å². The van der Waals surface area contributed by atoms with Gasteiger partial charge in [-0.2, -0.15) is 0 Å². The maximum Gasteiger partial charge on any atom is 0.256 e. The molecule has 0 amide bonds. The van der Waals surface area contributed by atoms with Gasteiger partial charge in [0.05, 0.1) is 22.1 Å². The average molecular weight is 528 g/mol. The third kappa shape index (κ3) is 2.98. The van der Waals surface area contributed by atoms with E-state index in [9.17, 15) is 0 Å². The van der Waals surface area contributed by atoms with Gasteiger partial charge in [0.15, 0.2) is 0 Å². The lowest BCUT2D eigenvalue weighted by molar-refractivity contribution is 0.542. The number of hydrogen-bond acceptors (Lipinski definition) is 4. The average Bonchev–Trinajstić information content (AvgIpc) is 3.58. The summed E-state index contributed by atoms with van der Waals surface area (Å²) < 4.78 is 4.55. The van der Waals surface area contributed by atoms with E-state index in [1.165, 1.54) is 10.9 Å². The van der Waals surface area contributed by atoms with Crippen LogP contribution in [0, 0.1) is 0 Å². The summed E-state index contributed by atoms with van der Waals surface area (Å²) in [4.78, 5) is 21.1. The highest BCUT2D eigenvalue weighted by Gasteiger charge is 2.43. The summed E-state index contributed by atoms with van der Waals surface area (Å²) in [6.07, 6.45) is 0. The molecule has 0 aliphatic carbocycles. The third-order valence-electron chi connectivity index (χ3n) is 8.39. The van der Waals surface area contributed by atoms with Gasteiger partial charge in [-0.05, 0) is 23.1 Å². The molecule has 5 heterocycles. The number of rotatable bonds is 2. The molecule has 0 N–H and O–H groups in total. The van der Waals surface area contributed by atoms with Gasteiger partial charge in [-0.1, -0.05) is 106 Å². The Morgan fingerprint density at radius 3 is 1.44 bits per heavy atom. The first kappa shape index (κ1) is 22.7. The SMILES string of the molecule is CC(C)(C)c1nc2c3c(n1)-n1c(-c4ccccc4)nc4cccc(c41)B3c1cccc3nc(-c4ccccc4)n-2c13. The molecule has 7 aromatic rings. The summed E-state index contributed by atoms with van der Waals surface area (Å²) in [5, 5.41) is 0. The van der Waals surface area contributed by atoms with E-state index in [0.29, 0.717) is 0 Å². The lowest BCUT2D eigenvalue weighted by Gasteiger charge is -2.33. The Kier molecular flexibility index (Phi) is 4.32. The Balaban J connectivity index is 1.49. The Labute approximate surface area is 237 Å². The summed E-state index contributed by atoms with van der Waals surface area (Å²) in [6.45, 7) is 6.50. The number of benzene rings is 4.